The Morgan fingerprint density at radius 2 is 2.00 bits per heavy atom. The van der Waals surface area contributed by atoms with Crippen LogP contribution in [-0.4, -0.2) is 74.9 Å². The van der Waals surface area contributed by atoms with Gasteiger partial charge in [-0.3, -0.25) is 19.2 Å². The van der Waals surface area contributed by atoms with E-state index in [2.05, 4.69) is 26.3 Å². The van der Waals surface area contributed by atoms with Crippen molar-refractivity contribution in [3.05, 3.63) is 10.7 Å². The molecular formula is C20H30BrN7O4. The molecular weight excluding hydrogens is 482 g/mol. The van der Waals surface area contributed by atoms with E-state index < -0.39 is 35.4 Å². The molecule has 1 fully saturated rings. The molecule has 1 aromatic heterocycles. The van der Waals surface area contributed by atoms with E-state index in [1.54, 1.807) is 17.7 Å². The van der Waals surface area contributed by atoms with Gasteiger partial charge in [-0.1, -0.05) is 13.8 Å². The standard InChI is InChI=1S/C20H30BrN7O4/c1-10(2)5-12(26(4)17(30)11(3)22)18(31)27-8-20(7-13(27)16(23)29)9-28-15(24-19(20)32)6-14(21)25-28/h6,10-13H,5,7-9,22H2,1-4H3,(H2,23,29)(H,24,32)/t11?,12?,13-,20?/m0/s1. The Hall–Kier alpha value is -2.47. The predicted molar refractivity (Wildman–Crippen MR) is 120 cm³/mol. The van der Waals surface area contributed by atoms with Crippen LogP contribution in [0, 0.1) is 11.3 Å². The minimum absolute atomic E-state index is 0.00298. The largest absolute Gasteiger partial charge is 0.368 e. The van der Waals surface area contributed by atoms with Gasteiger partial charge in [0.25, 0.3) is 0 Å². The second-order valence-corrected chi connectivity index (χ2v) is 10.0. The molecule has 3 rings (SSSR count). The van der Waals surface area contributed by atoms with Crippen LogP contribution in [0.25, 0.3) is 0 Å². The smallest absolute Gasteiger partial charge is 0.246 e. The van der Waals surface area contributed by atoms with E-state index in [0.29, 0.717) is 16.8 Å². The highest BCUT2D eigenvalue weighted by atomic mass is 79.9. The second kappa shape index (κ2) is 8.81. The second-order valence-electron chi connectivity index (χ2n) is 9.22. The van der Waals surface area contributed by atoms with E-state index in [9.17, 15) is 19.2 Å². The molecule has 3 unspecified atom stereocenters. The molecule has 0 aliphatic carbocycles. The average molecular weight is 512 g/mol. The lowest BCUT2D eigenvalue weighted by Gasteiger charge is -2.35. The van der Waals surface area contributed by atoms with Crippen LogP contribution in [0.2, 0.25) is 0 Å². The van der Waals surface area contributed by atoms with E-state index in [1.807, 2.05) is 13.8 Å². The van der Waals surface area contributed by atoms with E-state index in [0.717, 1.165) is 0 Å². The normalized spacial score (nSPS) is 24.3. The third kappa shape index (κ3) is 4.38. The minimum Gasteiger partial charge on any atom is -0.368 e. The maximum absolute atomic E-state index is 13.7. The molecule has 1 aromatic rings. The molecule has 176 valence electrons. The number of carbonyl (C=O) groups excluding carboxylic acids is 4. The number of hydrogen-bond acceptors (Lipinski definition) is 6. The van der Waals surface area contributed by atoms with Crippen molar-refractivity contribution in [3.8, 4) is 0 Å². The molecule has 0 aromatic carbocycles. The van der Waals surface area contributed by atoms with Crippen molar-refractivity contribution in [3.63, 3.8) is 0 Å². The van der Waals surface area contributed by atoms with Gasteiger partial charge in [-0.15, -0.1) is 0 Å². The van der Waals surface area contributed by atoms with Gasteiger partial charge in [0, 0.05) is 19.7 Å². The van der Waals surface area contributed by atoms with Gasteiger partial charge >= 0.3 is 0 Å². The zero-order valence-corrected chi connectivity index (χ0v) is 20.3. The first-order chi connectivity index (χ1) is 14.9. The molecule has 0 saturated carbocycles. The molecule has 3 heterocycles. The number of likely N-dealkylation sites (N-methyl/N-ethyl adjacent to an activating group) is 1. The van der Waals surface area contributed by atoms with Crippen molar-refractivity contribution >= 4 is 45.4 Å². The number of likely N-dealkylation sites (tertiary alicyclic amines) is 1. The fourth-order valence-electron chi connectivity index (χ4n) is 4.50. The third-order valence-electron chi connectivity index (χ3n) is 6.16. The molecule has 5 N–H and O–H groups in total. The molecule has 1 saturated heterocycles. The van der Waals surface area contributed by atoms with Crippen LogP contribution in [-0.2, 0) is 25.7 Å². The summed E-state index contributed by atoms with van der Waals surface area (Å²) in [7, 11) is 1.53. The number of nitrogens with zero attached hydrogens (tertiary/aromatic N) is 4. The Morgan fingerprint density at radius 3 is 2.56 bits per heavy atom. The number of anilines is 1. The van der Waals surface area contributed by atoms with Crippen LogP contribution in [0.3, 0.4) is 0 Å². The molecule has 4 amide bonds. The van der Waals surface area contributed by atoms with E-state index in [-0.39, 0.29) is 37.2 Å². The van der Waals surface area contributed by atoms with Crippen molar-refractivity contribution in [1.29, 1.82) is 0 Å². The van der Waals surface area contributed by atoms with E-state index in [1.165, 1.54) is 16.8 Å². The maximum Gasteiger partial charge on any atom is 0.246 e. The van der Waals surface area contributed by atoms with Crippen molar-refractivity contribution < 1.29 is 19.2 Å². The fourth-order valence-corrected chi connectivity index (χ4v) is 4.91. The summed E-state index contributed by atoms with van der Waals surface area (Å²) in [5.41, 5.74) is 10.4. The van der Waals surface area contributed by atoms with Crippen molar-refractivity contribution in [1.82, 2.24) is 19.6 Å². The molecule has 32 heavy (non-hydrogen) atoms. The Bertz CT molecular complexity index is 946. The summed E-state index contributed by atoms with van der Waals surface area (Å²) in [4.78, 5) is 54.3. The zero-order chi connectivity index (χ0) is 24.0. The number of nitrogens with one attached hydrogen (secondary N) is 1. The minimum atomic E-state index is -1.06. The molecule has 0 bridgehead atoms. The first-order valence-electron chi connectivity index (χ1n) is 10.5. The highest BCUT2D eigenvalue weighted by molar-refractivity contribution is 9.10. The monoisotopic (exact) mass is 511 g/mol. The van der Waals surface area contributed by atoms with Gasteiger partial charge in [0.1, 0.15) is 22.5 Å². The van der Waals surface area contributed by atoms with Crippen molar-refractivity contribution in [2.75, 3.05) is 18.9 Å². The molecule has 2 aliphatic rings. The lowest BCUT2D eigenvalue weighted by atomic mass is 9.83. The summed E-state index contributed by atoms with van der Waals surface area (Å²) >= 11 is 3.29. The van der Waals surface area contributed by atoms with Gasteiger partial charge in [-0.25, -0.2) is 4.68 Å². The van der Waals surface area contributed by atoms with E-state index >= 15 is 0 Å². The number of amides is 4. The van der Waals surface area contributed by atoms with E-state index in [4.69, 9.17) is 11.5 Å². The van der Waals surface area contributed by atoms with Crippen LogP contribution in [0.1, 0.15) is 33.6 Å². The van der Waals surface area contributed by atoms with Gasteiger partial charge in [0.05, 0.1) is 18.0 Å². The summed E-state index contributed by atoms with van der Waals surface area (Å²) in [6, 6.07) is -0.893. The number of carbonyl (C=O) groups is 4. The summed E-state index contributed by atoms with van der Waals surface area (Å²) in [5, 5.41) is 7.13. The predicted octanol–water partition coefficient (Wildman–Crippen LogP) is -0.109. The van der Waals surface area contributed by atoms with Crippen LogP contribution in [0.5, 0.6) is 0 Å². The van der Waals surface area contributed by atoms with Gasteiger partial charge in [-0.05, 0) is 41.6 Å². The molecule has 12 heteroatoms. The maximum atomic E-state index is 13.7. The molecule has 4 atom stereocenters. The molecule has 11 nitrogen and oxygen atoms in total. The summed E-state index contributed by atoms with van der Waals surface area (Å²) < 4.78 is 2.20. The molecule has 1 spiro atoms. The number of rotatable bonds is 6. The van der Waals surface area contributed by atoms with Crippen molar-refractivity contribution in [2.45, 2.75) is 58.3 Å². The van der Waals surface area contributed by atoms with Crippen molar-refractivity contribution in [2.24, 2.45) is 22.8 Å². The van der Waals surface area contributed by atoms with Gasteiger partial charge in [-0.2, -0.15) is 5.10 Å². The number of nitrogens with two attached hydrogens (primary N) is 2. The zero-order valence-electron chi connectivity index (χ0n) is 18.7. The Morgan fingerprint density at radius 1 is 1.34 bits per heavy atom. The van der Waals surface area contributed by atoms with Gasteiger partial charge in [0.2, 0.25) is 23.6 Å². The number of halogens is 1. The first-order valence-corrected chi connectivity index (χ1v) is 11.3. The number of hydrogen-bond donors (Lipinski definition) is 3. The first kappa shape index (κ1) is 24.2. The van der Waals surface area contributed by atoms with Crippen LogP contribution in [0.4, 0.5) is 5.82 Å². The lowest BCUT2D eigenvalue weighted by molar-refractivity contribution is -0.148. The third-order valence-corrected chi connectivity index (χ3v) is 6.54. The fraction of sp³-hybridized carbons (Fsp3) is 0.650. The topological polar surface area (TPSA) is 157 Å². The Kier molecular flexibility index (Phi) is 6.66. The van der Waals surface area contributed by atoms with Crippen LogP contribution in [0.15, 0.2) is 10.7 Å². The lowest BCUT2D eigenvalue weighted by Crippen LogP contribution is -2.56. The molecule has 2 aliphatic heterocycles. The summed E-state index contributed by atoms with van der Waals surface area (Å²) in [6.45, 7) is 5.63. The highest BCUT2D eigenvalue weighted by Crippen LogP contribution is 2.41. The van der Waals surface area contributed by atoms with Gasteiger partial charge < -0.3 is 26.6 Å². The Balaban J connectivity index is 1.94. The highest BCUT2D eigenvalue weighted by Gasteiger charge is 2.55. The van der Waals surface area contributed by atoms with Crippen LogP contribution >= 0.6 is 15.9 Å². The number of primary amides is 1. The Labute approximate surface area is 194 Å². The number of fused-ring (bicyclic) bond motifs is 1. The SMILES string of the molecule is CC(C)CC(C(=O)N1CC2(C[C@H]1C(N)=O)Cn1nc(Br)cc1NC2=O)N(C)C(=O)C(C)N. The number of aromatic nitrogens is 2. The van der Waals surface area contributed by atoms with Gasteiger partial charge in [0.15, 0.2) is 0 Å². The summed E-state index contributed by atoms with van der Waals surface area (Å²) in [5.74, 6) is -1.16. The summed E-state index contributed by atoms with van der Waals surface area (Å²) in [6.07, 6.45) is 0.460. The molecule has 0 radical (unpaired) electrons. The average Bonchev–Trinajstić information content (AvgIpc) is 3.25. The quantitative estimate of drug-likeness (QED) is 0.483. The van der Waals surface area contributed by atoms with Crippen LogP contribution < -0.4 is 16.8 Å².